The number of aryl methyl sites for hydroxylation is 1. The molecule has 0 radical (unpaired) electrons. The van der Waals surface area contributed by atoms with Gasteiger partial charge in [-0.3, -0.25) is 0 Å². The van der Waals surface area contributed by atoms with E-state index in [-0.39, 0.29) is 5.56 Å². The van der Waals surface area contributed by atoms with Gasteiger partial charge in [-0.1, -0.05) is 54.1 Å². The maximum atomic E-state index is 10.8. The van der Waals surface area contributed by atoms with Crippen molar-refractivity contribution in [1.29, 1.82) is 0 Å². The first kappa shape index (κ1) is 15.8. The monoisotopic (exact) mass is 337 g/mol. The van der Waals surface area contributed by atoms with Crippen LogP contribution in [0, 0.1) is 11.7 Å². The van der Waals surface area contributed by atoms with E-state index < -0.39 is 5.97 Å². The van der Waals surface area contributed by atoms with Gasteiger partial charge in [0.1, 0.15) is 0 Å². The number of benzene rings is 2. The summed E-state index contributed by atoms with van der Waals surface area (Å²) in [5.41, 5.74) is 2.89. The summed E-state index contributed by atoms with van der Waals surface area (Å²) >= 11 is 5.21. The minimum absolute atomic E-state index is 0.118. The van der Waals surface area contributed by atoms with Gasteiger partial charge in [-0.15, -0.1) is 0 Å². The molecule has 3 rings (SSSR count). The molecule has 0 amide bonds. The third-order valence-corrected chi connectivity index (χ3v) is 3.69. The Morgan fingerprint density at radius 1 is 1.21 bits per heavy atom. The minimum Gasteiger partial charge on any atom is -0.545 e. The molecule has 24 heavy (non-hydrogen) atoms. The standard InChI is InChI=1S/C17H14N4O2S/c1-11-2-6-13(7-3-11)15-19-20-17(24)21(15)18-10-12-4-8-14(9-5-12)16(22)23/h2-10H,1H3,(H,20,24)(H,22,23)/p-1. The van der Waals surface area contributed by atoms with Crippen LogP contribution in [0.3, 0.4) is 0 Å². The zero-order chi connectivity index (χ0) is 17.1. The first-order valence-electron chi connectivity index (χ1n) is 7.15. The van der Waals surface area contributed by atoms with Crippen LogP contribution in [0.25, 0.3) is 11.4 Å². The Morgan fingerprint density at radius 3 is 2.50 bits per heavy atom. The van der Waals surface area contributed by atoms with Gasteiger partial charge < -0.3 is 9.90 Å². The van der Waals surface area contributed by atoms with Crippen molar-refractivity contribution in [2.75, 3.05) is 0 Å². The van der Waals surface area contributed by atoms with Crippen molar-refractivity contribution < 1.29 is 9.90 Å². The van der Waals surface area contributed by atoms with Crippen LogP contribution in [0.2, 0.25) is 0 Å². The van der Waals surface area contributed by atoms with Crippen molar-refractivity contribution in [3.8, 4) is 11.4 Å². The number of nitrogens with one attached hydrogen (secondary N) is 1. The van der Waals surface area contributed by atoms with Crippen LogP contribution in [-0.2, 0) is 0 Å². The Bertz CT molecular complexity index is 954. The zero-order valence-corrected chi connectivity index (χ0v) is 13.6. The molecule has 0 saturated heterocycles. The lowest BCUT2D eigenvalue weighted by atomic mass is 10.1. The van der Waals surface area contributed by atoms with Crippen LogP contribution in [0.1, 0.15) is 21.5 Å². The number of aromatic amines is 1. The lowest BCUT2D eigenvalue weighted by molar-refractivity contribution is -0.255. The lowest BCUT2D eigenvalue weighted by Crippen LogP contribution is -2.21. The fourth-order valence-electron chi connectivity index (χ4n) is 2.12. The average Bonchev–Trinajstić information content (AvgIpc) is 2.95. The van der Waals surface area contributed by atoms with Gasteiger partial charge >= 0.3 is 0 Å². The quantitative estimate of drug-likeness (QED) is 0.584. The van der Waals surface area contributed by atoms with Crippen molar-refractivity contribution in [1.82, 2.24) is 14.9 Å². The van der Waals surface area contributed by atoms with Gasteiger partial charge in [0.05, 0.1) is 12.2 Å². The van der Waals surface area contributed by atoms with Gasteiger partial charge in [-0.05, 0) is 30.3 Å². The molecule has 1 aromatic heterocycles. The summed E-state index contributed by atoms with van der Waals surface area (Å²) in [6.45, 7) is 2.01. The number of H-pyrrole nitrogens is 1. The largest absolute Gasteiger partial charge is 0.545 e. The molecule has 0 saturated carbocycles. The molecule has 0 spiro atoms. The highest BCUT2D eigenvalue weighted by atomic mass is 32.1. The Balaban J connectivity index is 1.92. The van der Waals surface area contributed by atoms with E-state index in [1.165, 1.54) is 16.8 Å². The summed E-state index contributed by atoms with van der Waals surface area (Å²) in [5.74, 6) is -0.611. The predicted molar refractivity (Wildman–Crippen MR) is 91.3 cm³/mol. The molecule has 0 atom stereocenters. The number of carboxylic acid groups (broad SMARTS) is 1. The van der Waals surface area contributed by atoms with Gasteiger partial charge in [-0.2, -0.15) is 14.9 Å². The first-order valence-corrected chi connectivity index (χ1v) is 7.55. The maximum absolute atomic E-state index is 10.8. The van der Waals surface area contributed by atoms with E-state index in [1.54, 1.807) is 18.3 Å². The predicted octanol–water partition coefficient (Wildman–Crippen LogP) is 2.16. The molecule has 1 heterocycles. The highest BCUT2D eigenvalue weighted by molar-refractivity contribution is 7.71. The van der Waals surface area contributed by atoms with E-state index in [2.05, 4.69) is 15.3 Å². The van der Waals surface area contributed by atoms with E-state index in [0.717, 1.165) is 16.7 Å². The normalized spacial score (nSPS) is 11.0. The molecule has 0 aliphatic rings. The number of hydrogen-bond donors (Lipinski definition) is 1. The second-order valence-electron chi connectivity index (χ2n) is 5.18. The summed E-state index contributed by atoms with van der Waals surface area (Å²) in [6.07, 6.45) is 1.59. The molecule has 0 fully saturated rings. The molecule has 1 N–H and O–H groups in total. The number of rotatable bonds is 4. The topological polar surface area (TPSA) is 86.1 Å². The summed E-state index contributed by atoms with van der Waals surface area (Å²) < 4.78 is 1.89. The zero-order valence-electron chi connectivity index (χ0n) is 12.8. The molecule has 2 aromatic carbocycles. The van der Waals surface area contributed by atoms with E-state index in [9.17, 15) is 9.90 Å². The number of aromatic nitrogens is 3. The van der Waals surface area contributed by atoms with Gasteiger partial charge in [-0.25, -0.2) is 5.10 Å². The first-order chi connectivity index (χ1) is 11.5. The highest BCUT2D eigenvalue weighted by Gasteiger charge is 2.07. The molecule has 0 unspecified atom stereocenters. The fourth-order valence-corrected chi connectivity index (χ4v) is 2.30. The van der Waals surface area contributed by atoms with E-state index in [1.807, 2.05) is 31.2 Å². The second-order valence-corrected chi connectivity index (χ2v) is 5.57. The summed E-state index contributed by atoms with van der Waals surface area (Å²) in [6, 6.07) is 14.1. The summed E-state index contributed by atoms with van der Waals surface area (Å²) in [4.78, 5) is 10.8. The Hall–Kier alpha value is -3.06. The molecule has 0 aliphatic carbocycles. The number of carbonyl (C=O) groups is 1. The van der Waals surface area contributed by atoms with Gasteiger partial charge in [0.15, 0.2) is 5.82 Å². The van der Waals surface area contributed by atoms with Crippen molar-refractivity contribution in [3.05, 3.63) is 70.0 Å². The number of nitrogens with zero attached hydrogens (tertiary/aromatic N) is 3. The van der Waals surface area contributed by atoms with Crippen LogP contribution < -0.4 is 5.11 Å². The summed E-state index contributed by atoms with van der Waals surface area (Å²) in [7, 11) is 0. The van der Waals surface area contributed by atoms with Crippen LogP contribution in [0.4, 0.5) is 0 Å². The molecule has 0 bridgehead atoms. The van der Waals surface area contributed by atoms with Gasteiger partial charge in [0.25, 0.3) is 0 Å². The fraction of sp³-hybridized carbons (Fsp3) is 0.0588. The molecule has 3 aromatic rings. The summed E-state index contributed by atoms with van der Waals surface area (Å²) in [5, 5.41) is 22.0. The van der Waals surface area contributed by atoms with Crippen LogP contribution in [-0.4, -0.2) is 27.1 Å². The van der Waals surface area contributed by atoms with E-state index in [0.29, 0.717) is 10.6 Å². The number of aromatic carboxylic acids is 1. The Labute approximate surface area is 143 Å². The Kier molecular flexibility index (Phi) is 4.35. The smallest absolute Gasteiger partial charge is 0.216 e. The maximum Gasteiger partial charge on any atom is 0.216 e. The molecule has 120 valence electrons. The molecular weight excluding hydrogens is 324 g/mol. The van der Waals surface area contributed by atoms with Crippen molar-refractivity contribution in [2.24, 2.45) is 5.10 Å². The molecular formula is C17H13N4O2S-. The second kappa shape index (κ2) is 6.59. The number of carboxylic acids is 1. The highest BCUT2D eigenvalue weighted by Crippen LogP contribution is 2.17. The van der Waals surface area contributed by atoms with E-state index in [4.69, 9.17) is 12.2 Å². The SMILES string of the molecule is Cc1ccc(-c2n[nH]c(=S)n2N=Cc2ccc(C(=O)[O-])cc2)cc1. The van der Waals surface area contributed by atoms with Gasteiger partial charge in [0, 0.05) is 5.56 Å². The lowest BCUT2D eigenvalue weighted by Gasteiger charge is -2.03. The third-order valence-electron chi connectivity index (χ3n) is 3.43. The average molecular weight is 337 g/mol. The van der Waals surface area contributed by atoms with Crippen LogP contribution in [0.5, 0.6) is 0 Å². The van der Waals surface area contributed by atoms with Crippen molar-refractivity contribution >= 4 is 24.4 Å². The number of hydrogen-bond acceptors (Lipinski definition) is 5. The van der Waals surface area contributed by atoms with Crippen LogP contribution in [0.15, 0.2) is 53.6 Å². The van der Waals surface area contributed by atoms with Crippen LogP contribution >= 0.6 is 12.2 Å². The van der Waals surface area contributed by atoms with E-state index >= 15 is 0 Å². The Morgan fingerprint density at radius 2 is 1.88 bits per heavy atom. The molecule has 6 nitrogen and oxygen atoms in total. The van der Waals surface area contributed by atoms with Crippen molar-refractivity contribution in [3.63, 3.8) is 0 Å². The third kappa shape index (κ3) is 3.31. The number of carbonyl (C=O) groups excluding carboxylic acids is 1. The molecule has 7 heteroatoms. The minimum atomic E-state index is -1.21. The van der Waals surface area contributed by atoms with Gasteiger partial charge in [0.2, 0.25) is 4.77 Å². The van der Waals surface area contributed by atoms with Crippen molar-refractivity contribution in [2.45, 2.75) is 6.92 Å². The molecule has 0 aliphatic heterocycles.